The molecule has 0 heterocycles. The molecule has 2 N–H and O–H groups in total. The van der Waals surface area contributed by atoms with Gasteiger partial charge in [0.05, 0.1) is 11.1 Å². The molecule has 0 saturated heterocycles. The van der Waals surface area contributed by atoms with Gasteiger partial charge in [0.1, 0.15) is 5.82 Å². The molecule has 2 aromatic carbocycles. The largest absolute Gasteiger partial charge is 0.320 e. The number of rotatable bonds is 2. The van der Waals surface area contributed by atoms with E-state index >= 15 is 0 Å². The lowest BCUT2D eigenvalue weighted by molar-refractivity contribution is 0.600. The fourth-order valence-electron chi connectivity index (χ4n) is 1.68. The van der Waals surface area contributed by atoms with E-state index in [0.717, 1.165) is 4.47 Å². The zero-order valence-corrected chi connectivity index (χ0v) is 12.2. The normalized spacial score (nSPS) is 12.5. The minimum absolute atomic E-state index is 0.337. The Kier molecular flexibility index (Phi) is 4.28. The monoisotopic (exact) mass is 347 g/mol. The lowest BCUT2D eigenvalue weighted by Gasteiger charge is -2.15. The molecule has 0 aromatic heterocycles. The highest BCUT2D eigenvalue weighted by molar-refractivity contribution is 9.10. The second kappa shape index (κ2) is 5.57. The van der Waals surface area contributed by atoms with Crippen LogP contribution in [-0.2, 0) is 0 Å². The summed E-state index contributed by atoms with van der Waals surface area (Å²) in [6.07, 6.45) is 0. The topological polar surface area (TPSA) is 26.0 Å². The van der Waals surface area contributed by atoms with Gasteiger partial charge in [0.15, 0.2) is 0 Å². The van der Waals surface area contributed by atoms with Crippen LogP contribution in [0.4, 0.5) is 4.39 Å². The highest BCUT2D eigenvalue weighted by Gasteiger charge is 2.17. The molecule has 0 amide bonds. The SMILES string of the molecule is NC(c1ccc(Cl)cc1F)c1cccc(Br)c1Cl. The predicted octanol–water partition coefficient (Wildman–Crippen LogP) is 4.94. The molecule has 2 aromatic rings. The summed E-state index contributed by atoms with van der Waals surface area (Å²) in [6, 6.07) is 9.16. The number of benzene rings is 2. The first-order valence-corrected chi connectivity index (χ1v) is 6.70. The molecule has 18 heavy (non-hydrogen) atoms. The first kappa shape index (κ1) is 13.8. The van der Waals surface area contributed by atoms with Crippen molar-refractivity contribution in [1.82, 2.24) is 0 Å². The van der Waals surface area contributed by atoms with E-state index in [0.29, 0.717) is 21.2 Å². The maximum Gasteiger partial charge on any atom is 0.129 e. The van der Waals surface area contributed by atoms with E-state index in [1.807, 2.05) is 0 Å². The van der Waals surface area contributed by atoms with Crippen molar-refractivity contribution < 1.29 is 4.39 Å². The zero-order valence-electron chi connectivity index (χ0n) is 9.13. The number of halogens is 4. The van der Waals surface area contributed by atoms with Crippen LogP contribution in [-0.4, -0.2) is 0 Å². The van der Waals surface area contributed by atoms with Crippen molar-refractivity contribution in [3.63, 3.8) is 0 Å². The molecule has 0 saturated carbocycles. The summed E-state index contributed by atoms with van der Waals surface area (Å²) in [5.74, 6) is -0.439. The van der Waals surface area contributed by atoms with E-state index in [1.54, 1.807) is 30.3 Å². The molecule has 0 aliphatic heterocycles. The fraction of sp³-hybridized carbons (Fsp3) is 0.0769. The van der Waals surface area contributed by atoms with Gasteiger partial charge in [-0.05, 0) is 39.7 Å². The first-order chi connectivity index (χ1) is 8.50. The van der Waals surface area contributed by atoms with Gasteiger partial charge in [-0.15, -0.1) is 0 Å². The van der Waals surface area contributed by atoms with E-state index in [9.17, 15) is 4.39 Å². The molecule has 1 nitrogen and oxygen atoms in total. The summed E-state index contributed by atoms with van der Waals surface area (Å²) in [5.41, 5.74) is 7.07. The molecular formula is C13H9BrCl2FN. The van der Waals surface area contributed by atoms with Crippen molar-refractivity contribution in [2.75, 3.05) is 0 Å². The Morgan fingerprint density at radius 1 is 1.11 bits per heavy atom. The van der Waals surface area contributed by atoms with E-state index in [2.05, 4.69) is 15.9 Å². The van der Waals surface area contributed by atoms with Crippen molar-refractivity contribution in [2.45, 2.75) is 6.04 Å². The van der Waals surface area contributed by atoms with E-state index < -0.39 is 11.9 Å². The van der Waals surface area contributed by atoms with Crippen molar-refractivity contribution in [2.24, 2.45) is 5.73 Å². The quantitative estimate of drug-likeness (QED) is 0.816. The van der Waals surface area contributed by atoms with Crippen molar-refractivity contribution in [1.29, 1.82) is 0 Å². The number of hydrogen-bond donors (Lipinski definition) is 1. The molecule has 1 unspecified atom stereocenters. The smallest absolute Gasteiger partial charge is 0.129 e. The third-order valence-electron chi connectivity index (χ3n) is 2.61. The minimum atomic E-state index is -0.632. The third-order valence-corrected chi connectivity index (χ3v) is 4.16. The summed E-state index contributed by atoms with van der Waals surface area (Å²) in [5, 5.41) is 0.822. The maximum absolute atomic E-state index is 13.8. The molecule has 0 bridgehead atoms. The molecular weight excluding hydrogens is 340 g/mol. The Morgan fingerprint density at radius 2 is 1.83 bits per heavy atom. The second-order valence-electron chi connectivity index (χ2n) is 3.79. The Bertz CT molecular complexity index is 589. The molecule has 2 rings (SSSR count). The average Bonchev–Trinajstić information content (AvgIpc) is 2.32. The third kappa shape index (κ3) is 2.69. The summed E-state index contributed by atoms with van der Waals surface area (Å²) < 4.78 is 14.5. The van der Waals surface area contributed by atoms with Gasteiger partial charge in [-0.3, -0.25) is 0 Å². The van der Waals surface area contributed by atoms with Crippen molar-refractivity contribution in [3.05, 3.63) is 67.9 Å². The molecule has 1 atom stereocenters. The van der Waals surface area contributed by atoms with Crippen LogP contribution >= 0.6 is 39.1 Å². The lowest BCUT2D eigenvalue weighted by atomic mass is 9.99. The highest BCUT2D eigenvalue weighted by atomic mass is 79.9. The summed E-state index contributed by atoms with van der Waals surface area (Å²) in [7, 11) is 0. The lowest BCUT2D eigenvalue weighted by Crippen LogP contribution is -2.14. The van der Waals surface area contributed by atoms with Gasteiger partial charge in [-0.25, -0.2) is 4.39 Å². The molecule has 0 spiro atoms. The molecule has 0 aliphatic carbocycles. The average molecular weight is 349 g/mol. The zero-order chi connectivity index (χ0) is 13.3. The van der Waals surface area contributed by atoms with Crippen LogP contribution in [0, 0.1) is 5.82 Å². The van der Waals surface area contributed by atoms with E-state index in [4.69, 9.17) is 28.9 Å². The predicted molar refractivity (Wildman–Crippen MR) is 76.6 cm³/mol. The maximum atomic E-state index is 13.8. The second-order valence-corrected chi connectivity index (χ2v) is 5.46. The van der Waals surface area contributed by atoms with Crippen LogP contribution in [0.3, 0.4) is 0 Å². The number of hydrogen-bond acceptors (Lipinski definition) is 1. The highest BCUT2D eigenvalue weighted by Crippen LogP contribution is 2.33. The Morgan fingerprint density at radius 3 is 2.50 bits per heavy atom. The Hall–Kier alpha value is -0.610. The van der Waals surface area contributed by atoms with Gasteiger partial charge < -0.3 is 5.73 Å². The van der Waals surface area contributed by atoms with Crippen LogP contribution in [0.25, 0.3) is 0 Å². The standard InChI is InChI=1S/C13H9BrCl2FN/c14-10-3-1-2-9(12(10)16)13(18)8-5-4-7(15)6-11(8)17/h1-6,13H,18H2. The van der Waals surface area contributed by atoms with Crippen LogP contribution in [0.2, 0.25) is 10.0 Å². The van der Waals surface area contributed by atoms with Crippen LogP contribution in [0.15, 0.2) is 40.9 Å². The van der Waals surface area contributed by atoms with E-state index in [-0.39, 0.29) is 0 Å². The molecule has 0 aliphatic rings. The number of nitrogens with two attached hydrogens (primary N) is 1. The molecule has 0 fully saturated rings. The van der Waals surface area contributed by atoms with Gasteiger partial charge in [0.25, 0.3) is 0 Å². The van der Waals surface area contributed by atoms with Crippen LogP contribution in [0.1, 0.15) is 17.2 Å². The minimum Gasteiger partial charge on any atom is -0.320 e. The van der Waals surface area contributed by atoms with Gasteiger partial charge in [-0.2, -0.15) is 0 Å². The molecule has 5 heteroatoms. The molecule has 94 valence electrons. The summed E-state index contributed by atoms with van der Waals surface area (Å²) >= 11 is 15.2. The Balaban J connectivity index is 2.48. The summed E-state index contributed by atoms with van der Waals surface area (Å²) in [6.45, 7) is 0. The van der Waals surface area contributed by atoms with Gasteiger partial charge >= 0.3 is 0 Å². The first-order valence-electron chi connectivity index (χ1n) is 5.15. The van der Waals surface area contributed by atoms with Gasteiger partial charge in [-0.1, -0.05) is 41.4 Å². The van der Waals surface area contributed by atoms with Crippen molar-refractivity contribution >= 4 is 39.1 Å². The summed E-state index contributed by atoms with van der Waals surface area (Å²) in [4.78, 5) is 0. The van der Waals surface area contributed by atoms with Gasteiger partial charge in [0, 0.05) is 15.1 Å². The van der Waals surface area contributed by atoms with Crippen LogP contribution in [0.5, 0.6) is 0 Å². The fourth-order valence-corrected chi connectivity index (χ4v) is 2.47. The van der Waals surface area contributed by atoms with E-state index in [1.165, 1.54) is 6.07 Å². The Labute approximate surface area is 123 Å². The van der Waals surface area contributed by atoms with Crippen molar-refractivity contribution in [3.8, 4) is 0 Å². The molecule has 0 radical (unpaired) electrons. The van der Waals surface area contributed by atoms with Crippen LogP contribution < -0.4 is 5.73 Å². The van der Waals surface area contributed by atoms with Gasteiger partial charge in [0.2, 0.25) is 0 Å².